The molecule has 1 heterocycles. The van der Waals surface area contributed by atoms with E-state index >= 15 is 0 Å². The molecule has 0 saturated heterocycles. The number of amides is 2. The Balaban J connectivity index is 2.48. The summed E-state index contributed by atoms with van der Waals surface area (Å²) in [7, 11) is 0. The Hall–Kier alpha value is -1.06. The van der Waals surface area contributed by atoms with E-state index in [1.807, 2.05) is 11.8 Å². The zero-order chi connectivity index (χ0) is 6.69. The maximum absolute atomic E-state index is 10.4. The van der Waals surface area contributed by atoms with Crippen LogP contribution < -0.4 is 5.32 Å². The lowest BCUT2D eigenvalue weighted by molar-refractivity contribution is 0.241. The zero-order valence-electron chi connectivity index (χ0n) is 5.29. The molecule has 1 aliphatic rings. The van der Waals surface area contributed by atoms with Crippen molar-refractivity contribution in [1.82, 2.24) is 10.2 Å². The first-order valence-corrected chi connectivity index (χ1v) is 2.89. The molecule has 0 atom stereocenters. The predicted molar refractivity (Wildman–Crippen MR) is 34.3 cm³/mol. The quantitative estimate of drug-likeness (QED) is 0.539. The van der Waals surface area contributed by atoms with Crippen molar-refractivity contribution in [3.8, 4) is 0 Å². The molecule has 4 nitrogen and oxygen atoms in total. The number of nitrogens with one attached hydrogen (secondary N) is 1. The van der Waals surface area contributed by atoms with Gasteiger partial charge in [-0.3, -0.25) is 0 Å². The molecular formula is C5H9N3O. The number of aliphatic imine (C=N–C) groups is 1. The van der Waals surface area contributed by atoms with E-state index in [1.165, 1.54) is 0 Å². The van der Waals surface area contributed by atoms with E-state index in [1.54, 1.807) is 6.34 Å². The van der Waals surface area contributed by atoms with E-state index in [2.05, 4.69) is 10.3 Å². The Morgan fingerprint density at radius 1 is 2.00 bits per heavy atom. The van der Waals surface area contributed by atoms with E-state index in [0.29, 0.717) is 6.67 Å². The predicted octanol–water partition coefficient (Wildman–Crippen LogP) is 0.0173. The molecule has 2 amide bonds. The van der Waals surface area contributed by atoms with E-state index in [0.717, 1.165) is 6.54 Å². The van der Waals surface area contributed by atoms with Crippen molar-refractivity contribution < 1.29 is 4.79 Å². The second-order valence-corrected chi connectivity index (χ2v) is 1.79. The number of carbonyl (C=O) groups excluding carboxylic acids is 1. The number of urea groups is 1. The van der Waals surface area contributed by atoms with Gasteiger partial charge < -0.3 is 10.2 Å². The van der Waals surface area contributed by atoms with E-state index < -0.39 is 0 Å². The SMILES string of the molecule is CCN1C=NC(=O)NC1. The topological polar surface area (TPSA) is 44.7 Å². The average Bonchev–Trinajstić information content (AvgIpc) is 1.90. The minimum Gasteiger partial charge on any atom is -0.345 e. The van der Waals surface area contributed by atoms with Gasteiger partial charge in [0.1, 0.15) is 0 Å². The average molecular weight is 127 g/mol. The molecule has 4 heteroatoms. The molecule has 0 fully saturated rings. The molecule has 1 aliphatic heterocycles. The Labute approximate surface area is 53.6 Å². The smallest absolute Gasteiger partial charge is 0.343 e. The van der Waals surface area contributed by atoms with Crippen molar-refractivity contribution >= 4 is 12.4 Å². The Morgan fingerprint density at radius 3 is 3.22 bits per heavy atom. The van der Waals surface area contributed by atoms with Crippen molar-refractivity contribution in [2.45, 2.75) is 6.92 Å². The largest absolute Gasteiger partial charge is 0.345 e. The van der Waals surface area contributed by atoms with E-state index in [-0.39, 0.29) is 6.03 Å². The van der Waals surface area contributed by atoms with Gasteiger partial charge in [0.2, 0.25) is 0 Å². The first-order chi connectivity index (χ1) is 4.33. The number of hydrogen-bond donors (Lipinski definition) is 1. The van der Waals surface area contributed by atoms with E-state index in [9.17, 15) is 4.79 Å². The van der Waals surface area contributed by atoms with Crippen molar-refractivity contribution in [3.63, 3.8) is 0 Å². The van der Waals surface area contributed by atoms with Gasteiger partial charge in [0.15, 0.2) is 0 Å². The van der Waals surface area contributed by atoms with Crippen LogP contribution in [-0.2, 0) is 0 Å². The van der Waals surface area contributed by atoms with Gasteiger partial charge >= 0.3 is 6.03 Å². The third kappa shape index (κ3) is 1.42. The van der Waals surface area contributed by atoms with Gasteiger partial charge in [0.25, 0.3) is 0 Å². The fourth-order valence-electron chi connectivity index (χ4n) is 0.583. The molecule has 50 valence electrons. The first-order valence-electron chi connectivity index (χ1n) is 2.89. The van der Waals surface area contributed by atoms with Gasteiger partial charge in [-0.25, -0.2) is 4.79 Å². The van der Waals surface area contributed by atoms with Crippen LogP contribution in [0.1, 0.15) is 6.92 Å². The summed E-state index contributed by atoms with van der Waals surface area (Å²) in [6.45, 7) is 3.46. The van der Waals surface area contributed by atoms with Gasteiger partial charge in [-0.2, -0.15) is 4.99 Å². The summed E-state index contributed by atoms with van der Waals surface area (Å²) in [6, 6.07) is -0.250. The standard InChI is InChI=1S/C5H9N3O/c1-2-8-3-6-5(9)7-4-8/h3H,2,4H2,1H3,(H,7,9). The van der Waals surface area contributed by atoms with Crippen molar-refractivity contribution in [1.29, 1.82) is 0 Å². The normalized spacial score (nSPS) is 17.9. The van der Waals surface area contributed by atoms with Gasteiger partial charge in [-0.1, -0.05) is 0 Å². The van der Waals surface area contributed by atoms with Crippen LogP contribution in [0.5, 0.6) is 0 Å². The summed E-state index contributed by atoms with van der Waals surface area (Å²) in [5.41, 5.74) is 0. The first kappa shape index (κ1) is 6.07. The third-order valence-corrected chi connectivity index (χ3v) is 1.18. The van der Waals surface area contributed by atoms with Crippen LogP contribution >= 0.6 is 0 Å². The van der Waals surface area contributed by atoms with E-state index in [4.69, 9.17) is 0 Å². The number of carbonyl (C=O) groups is 1. The van der Waals surface area contributed by atoms with Crippen LogP contribution in [0.25, 0.3) is 0 Å². The molecule has 0 radical (unpaired) electrons. The number of nitrogens with zero attached hydrogens (tertiary/aromatic N) is 2. The minimum atomic E-state index is -0.250. The van der Waals surface area contributed by atoms with Crippen LogP contribution in [0.3, 0.4) is 0 Å². The Bertz CT molecular complexity index is 143. The molecule has 0 aromatic rings. The molecule has 0 saturated carbocycles. The van der Waals surface area contributed by atoms with Crippen LogP contribution in [0.2, 0.25) is 0 Å². The molecule has 0 spiro atoms. The second kappa shape index (κ2) is 2.48. The third-order valence-electron chi connectivity index (χ3n) is 1.18. The van der Waals surface area contributed by atoms with Gasteiger partial charge in [-0.15, -0.1) is 0 Å². The lowest BCUT2D eigenvalue weighted by Gasteiger charge is -2.19. The van der Waals surface area contributed by atoms with Crippen molar-refractivity contribution in [2.75, 3.05) is 13.2 Å². The van der Waals surface area contributed by atoms with Crippen LogP contribution in [0.15, 0.2) is 4.99 Å². The molecular weight excluding hydrogens is 118 g/mol. The molecule has 0 unspecified atom stereocenters. The molecule has 9 heavy (non-hydrogen) atoms. The summed E-state index contributed by atoms with van der Waals surface area (Å²) >= 11 is 0. The highest BCUT2D eigenvalue weighted by Gasteiger charge is 2.05. The fraction of sp³-hybridized carbons (Fsp3) is 0.600. The highest BCUT2D eigenvalue weighted by molar-refractivity contribution is 5.84. The molecule has 0 aliphatic carbocycles. The summed E-state index contributed by atoms with van der Waals surface area (Å²) < 4.78 is 0. The maximum atomic E-state index is 10.4. The monoisotopic (exact) mass is 127 g/mol. The molecule has 0 aromatic carbocycles. The van der Waals surface area contributed by atoms with Crippen LogP contribution in [-0.4, -0.2) is 30.5 Å². The molecule has 0 aromatic heterocycles. The second-order valence-electron chi connectivity index (χ2n) is 1.79. The molecule has 1 rings (SSSR count). The van der Waals surface area contributed by atoms with Gasteiger partial charge in [0, 0.05) is 6.54 Å². The van der Waals surface area contributed by atoms with Crippen LogP contribution in [0, 0.1) is 0 Å². The summed E-state index contributed by atoms with van der Waals surface area (Å²) in [6.07, 6.45) is 1.55. The summed E-state index contributed by atoms with van der Waals surface area (Å²) in [5, 5.41) is 2.57. The van der Waals surface area contributed by atoms with Crippen molar-refractivity contribution in [3.05, 3.63) is 0 Å². The number of hydrogen-bond acceptors (Lipinski definition) is 2. The Kier molecular flexibility index (Phi) is 1.67. The maximum Gasteiger partial charge on any atom is 0.343 e. The highest BCUT2D eigenvalue weighted by atomic mass is 16.2. The summed E-state index contributed by atoms with van der Waals surface area (Å²) in [4.78, 5) is 15.8. The minimum absolute atomic E-state index is 0.250. The molecule has 0 bridgehead atoms. The molecule has 1 N–H and O–H groups in total. The van der Waals surface area contributed by atoms with Gasteiger partial charge in [-0.05, 0) is 6.92 Å². The Morgan fingerprint density at radius 2 is 2.78 bits per heavy atom. The van der Waals surface area contributed by atoms with Crippen molar-refractivity contribution in [2.24, 2.45) is 4.99 Å². The van der Waals surface area contributed by atoms with Gasteiger partial charge in [0.05, 0.1) is 13.0 Å². The zero-order valence-corrected chi connectivity index (χ0v) is 5.29. The highest BCUT2D eigenvalue weighted by Crippen LogP contribution is 1.86. The lowest BCUT2D eigenvalue weighted by atomic mass is 10.6. The van der Waals surface area contributed by atoms with Crippen LogP contribution in [0.4, 0.5) is 4.79 Å². The fourth-order valence-corrected chi connectivity index (χ4v) is 0.583. The summed E-state index contributed by atoms with van der Waals surface area (Å²) in [5.74, 6) is 0. The lowest BCUT2D eigenvalue weighted by Crippen LogP contribution is -2.39. The number of rotatable bonds is 1.